The molecule has 1 aliphatic rings. The Balaban J connectivity index is 2.27. The van der Waals surface area contributed by atoms with Crippen LogP contribution in [0.4, 0.5) is 4.39 Å². The van der Waals surface area contributed by atoms with Gasteiger partial charge in [-0.3, -0.25) is 4.99 Å². The Labute approximate surface area is 111 Å². The molecule has 0 aliphatic carbocycles. The van der Waals surface area contributed by atoms with E-state index in [1.807, 2.05) is 4.90 Å². The van der Waals surface area contributed by atoms with E-state index in [0.29, 0.717) is 23.4 Å². The van der Waals surface area contributed by atoms with Crippen LogP contribution in [-0.2, 0) is 0 Å². The molecule has 1 aromatic carbocycles. The second-order valence-electron chi connectivity index (χ2n) is 4.96. The topological polar surface area (TPSA) is 41.6 Å². The molecule has 2 rings (SSSR count). The molecule has 1 aromatic rings. The molecule has 0 radical (unpaired) electrons. The Bertz CT molecular complexity index is 453. The third-order valence-corrected chi connectivity index (χ3v) is 3.15. The number of nitrogens with zero attached hydrogens (tertiary/aromatic N) is 2. The molecule has 0 aromatic heterocycles. The second-order valence-corrected chi connectivity index (χ2v) is 5.40. The minimum atomic E-state index is -0.326. The quantitative estimate of drug-likeness (QED) is 0.917. The summed E-state index contributed by atoms with van der Waals surface area (Å²) in [5.74, 6) is 0.657. The number of hydrogen-bond acceptors (Lipinski definition) is 3. The molecule has 1 unspecified atom stereocenters. The molecular formula is C13H17ClFN3. The van der Waals surface area contributed by atoms with Gasteiger partial charge in [0.1, 0.15) is 5.82 Å². The van der Waals surface area contributed by atoms with Crippen molar-refractivity contribution in [2.45, 2.75) is 19.9 Å². The summed E-state index contributed by atoms with van der Waals surface area (Å²) in [5, 5.41) is 0.403. The first-order valence-electron chi connectivity index (χ1n) is 6.00. The SMILES string of the molecule is CC(C)CN1C(N)=NCC1c1cc(F)cc(Cl)c1. The highest BCUT2D eigenvalue weighted by molar-refractivity contribution is 6.30. The predicted molar refractivity (Wildman–Crippen MR) is 72.2 cm³/mol. The molecule has 18 heavy (non-hydrogen) atoms. The van der Waals surface area contributed by atoms with Crippen LogP contribution >= 0.6 is 11.6 Å². The molecule has 3 nitrogen and oxygen atoms in total. The van der Waals surface area contributed by atoms with Crippen molar-refractivity contribution in [1.82, 2.24) is 4.90 Å². The molecule has 1 atom stereocenters. The maximum atomic E-state index is 13.4. The van der Waals surface area contributed by atoms with Crippen LogP contribution in [-0.4, -0.2) is 23.9 Å². The van der Waals surface area contributed by atoms with Gasteiger partial charge < -0.3 is 10.6 Å². The molecule has 0 saturated carbocycles. The Morgan fingerprint density at radius 2 is 2.22 bits per heavy atom. The lowest BCUT2D eigenvalue weighted by Gasteiger charge is -2.28. The van der Waals surface area contributed by atoms with Crippen LogP contribution in [0.1, 0.15) is 25.5 Å². The van der Waals surface area contributed by atoms with Gasteiger partial charge in [0.15, 0.2) is 5.96 Å². The minimum absolute atomic E-state index is 0.0133. The maximum absolute atomic E-state index is 13.4. The van der Waals surface area contributed by atoms with E-state index in [2.05, 4.69) is 18.8 Å². The van der Waals surface area contributed by atoms with Crippen LogP contribution in [0.5, 0.6) is 0 Å². The van der Waals surface area contributed by atoms with Crippen molar-refractivity contribution >= 4 is 17.6 Å². The van der Waals surface area contributed by atoms with Crippen LogP contribution in [0.15, 0.2) is 23.2 Å². The number of rotatable bonds is 3. The summed E-state index contributed by atoms with van der Waals surface area (Å²) in [6.45, 7) is 5.58. The molecule has 5 heteroatoms. The zero-order chi connectivity index (χ0) is 13.3. The van der Waals surface area contributed by atoms with E-state index in [0.717, 1.165) is 12.1 Å². The van der Waals surface area contributed by atoms with E-state index in [1.54, 1.807) is 6.07 Å². The molecule has 1 heterocycles. The maximum Gasteiger partial charge on any atom is 0.191 e. The lowest BCUT2D eigenvalue weighted by Crippen LogP contribution is -2.38. The van der Waals surface area contributed by atoms with E-state index in [9.17, 15) is 4.39 Å². The Hall–Kier alpha value is -1.29. The van der Waals surface area contributed by atoms with Crippen LogP contribution in [0.3, 0.4) is 0 Å². The lowest BCUT2D eigenvalue weighted by atomic mass is 10.0. The summed E-state index contributed by atoms with van der Waals surface area (Å²) in [5.41, 5.74) is 6.70. The first-order chi connectivity index (χ1) is 8.47. The first-order valence-corrected chi connectivity index (χ1v) is 6.37. The fourth-order valence-corrected chi connectivity index (χ4v) is 2.43. The average molecular weight is 270 g/mol. The molecule has 0 spiro atoms. The number of benzene rings is 1. The monoisotopic (exact) mass is 269 g/mol. The second kappa shape index (κ2) is 5.14. The Morgan fingerprint density at radius 3 is 2.83 bits per heavy atom. The number of aliphatic imine (C=N–C) groups is 1. The van der Waals surface area contributed by atoms with Gasteiger partial charge in [-0.25, -0.2) is 4.39 Å². The molecule has 0 bridgehead atoms. The molecule has 0 amide bonds. The summed E-state index contributed by atoms with van der Waals surface area (Å²) in [6.07, 6.45) is 0. The van der Waals surface area contributed by atoms with Crippen molar-refractivity contribution < 1.29 is 4.39 Å². The summed E-state index contributed by atoms with van der Waals surface area (Å²) in [7, 11) is 0. The molecular weight excluding hydrogens is 253 g/mol. The van der Waals surface area contributed by atoms with Gasteiger partial charge in [-0.05, 0) is 29.7 Å². The minimum Gasteiger partial charge on any atom is -0.370 e. The van der Waals surface area contributed by atoms with Gasteiger partial charge in [0.05, 0.1) is 12.6 Å². The number of guanidine groups is 1. The van der Waals surface area contributed by atoms with Crippen molar-refractivity contribution in [3.63, 3.8) is 0 Å². The van der Waals surface area contributed by atoms with Gasteiger partial charge in [0.25, 0.3) is 0 Å². The number of halogens is 2. The van der Waals surface area contributed by atoms with Crippen molar-refractivity contribution in [2.75, 3.05) is 13.1 Å². The smallest absolute Gasteiger partial charge is 0.191 e. The van der Waals surface area contributed by atoms with Crippen molar-refractivity contribution in [3.05, 3.63) is 34.6 Å². The van der Waals surface area contributed by atoms with Gasteiger partial charge in [-0.15, -0.1) is 0 Å². The van der Waals surface area contributed by atoms with Crippen LogP contribution in [0.2, 0.25) is 5.02 Å². The van der Waals surface area contributed by atoms with Crippen molar-refractivity contribution in [3.8, 4) is 0 Å². The average Bonchev–Trinajstić information content (AvgIpc) is 2.58. The lowest BCUT2D eigenvalue weighted by molar-refractivity contribution is 0.309. The van der Waals surface area contributed by atoms with Crippen molar-refractivity contribution in [2.24, 2.45) is 16.6 Å². The van der Waals surface area contributed by atoms with Gasteiger partial charge in [-0.2, -0.15) is 0 Å². The van der Waals surface area contributed by atoms with E-state index < -0.39 is 0 Å². The molecule has 0 fully saturated rings. The zero-order valence-electron chi connectivity index (χ0n) is 10.5. The van der Waals surface area contributed by atoms with Gasteiger partial charge in [0.2, 0.25) is 0 Å². The summed E-state index contributed by atoms with van der Waals surface area (Å²) in [6, 6.07) is 4.56. The molecule has 0 saturated heterocycles. The van der Waals surface area contributed by atoms with E-state index >= 15 is 0 Å². The van der Waals surface area contributed by atoms with Crippen LogP contribution in [0.25, 0.3) is 0 Å². The normalized spacial score (nSPS) is 19.5. The van der Waals surface area contributed by atoms with E-state index in [1.165, 1.54) is 12.1 Å². The Morgan fingerprint density at radius 1 is 1.50 bits per heavy atom. The third-order valence-electron chi connectivity index (χ3n) is 2.93. The van der Waals surface area contributed by atoms with Gasteiger partial charge in [0, 0.05) is 11.6 Å². The summed E-state index contributed by atoms with van der Waals surface area (Å²) < 4.78 is 13.4. The van der Waals surface area contributed by atoms with Crippen molar-refractivity contribution in [1.29, 1.82) is 0 Å². The standard InChI is InChI=1S/C13H17ClFN3/c1-8(2)7-18-12(6-17-13(18)16)9-3-10(14)5-11(15)4-9/h3-5,8,12H,6-7H2,1-2H3,(H2,16,17). The highest BCUT2D eigenvalue weighted by Gasteiger charge is 2.28. The Kier molecular flexibility index (Phi) is 3.76. The number of hydrogen-bond donors (Lipinski definition) is 1. The van der Waals surface area contributed by atoms with Crippen LogP contribution < -0.4 is 5.73 Å². The fourth-order valence-electron chi connectivity index (χ4n) is 2.20. The molecule has 98 valence electrons. The largest absolute Gasteiger partial charge is 0.370 e. The first kappa shape index (κ1) is 13.1. The van der Waals surface area contributed by atoms with Crippen LogP contribution in [0, 0.1) is 11.7 Å². The zero-order valence-corrected chi connectivity index (χ0v) is 11.3. The van der Waals surface area contributed by atoms with E-state index in [-0.39, 0.29) is 11.9 Å². The highest BCUT2D eigenvalue weighted by Crippen LogP contribution is 2.28. The highest BCUT2D eigenvalue weighted by atomic mass is 35.5. The summed E-state index contributed by atoms with van der Waals surface area (Å²) >= 11 is 5.89. The van der Waals surface area contributed by atoms with Gasteiger partial charge >= 0.3 is 0 Å². The number of nitrogens with two attached hydrogens (primary N) is 1. The van der Waals surface area contributed by atoms with Gasteiger partial charge in [-0.1, -0.05) is 25.4 Å². The fraction of sp³-hybridized carbons (Fsp3) is 0.462. The summed E-state index contributed by atoms with van der Waals surface area (Å²) in [4.78, 5) is 6.25. The molecule has 2 N–H and O–H groups in total. The third kappa shape index (κ3) is 2.75. The van der Waals surface area contributed by atoms with E-state index in [4.69, 9.17) is 17.3 Å². The predicted octanol–water partition coefficient (Wildman–Crippen LogP) is 2.81. The molecule has 1 aliphatic heterocycles.